The standard InChI is InChI=1S/C76H42F4/c77-45-25-17-41(18-26-45)49-9-1-3-11-51(49)69-55-15-7-5-13-53(55)65(43-21-29-47(79)30-22-43)73-61-37-33-57-60-36-40-64-72-62(38-34-58(68(60)72)59-35-39-63(75(69)73)71(61)67(57)59)74-66(44-23-31-48(80)32-24-44)54-14-6-8-16-56(54)70(76(64)74)52-12-4-2-10-50(52)42-19-27-46(78)28-20-42/h1-40,63,71H. The zero-order valence-corrected chi connectivity index (χ0v) is 42.8. The van der Waals surface area contributed by atoms with Crippen LogP contribution in [0.25, 0.3) is 150 Å². The van der Waals surface area contributed by atoms with E-state index in [-0.39, 0.29) is 35.1 Å². The van der Waals surface area contributed by atoms with Crippen molar-refractivity contribution in [1.29, 1.82) is 0 Å². The first kappa shape index (κ1) is 45.2. The summed E-state index contributed by atoms with van der Waals surface area (Å²) >= 11 is 0. The van der Waals surface area contributed by atoms with Crippen LogP contribution in [0.4, 0.5) is 17.6 Å². The van der Waals surface area contributed by atoms with Crippen molar-refractivity contribution in [2.24, 2.45) is 0 Å². The zero-order chi connectivity index (χ0) is 53.1. The Morgan fingerprint density at radius 2 is 0.700 bits per heavy atom. The lowest BCUT2D eigenvalue weighted by atomic mass is 9.72. The summed E-state index contributed by atoms with van der Waals surface area (Å²) in [6.07, 6.45) is 9.53. The minimum absolute atomic E-state index is 0.0347. The van der Waals surface area contributed by atoms with E-state index in [0.717, 1.165) is 111 Å². The molecule has 4 heteroatoms. The van der Waals surface area contributed by atoms with E-state index in [0.29, 0.717) is 0 Å². The number of benzene rings is 13. The van der Waals surface area contributed by atoms with Crippen LogP contribution < -0.4 is 5.22 Å². The molecule has 13 aromatic rings. The van der Waals surface area contributed by atoms with Crippen molar-refractivity contribution < 1.29 is 17.6 Å². The van der Waals surface area contributed by atoms with Crippen molar-refractivity contribution in [1.82, 2.24) is 0 Å². The van der Waals surface area contributed by atoms with E-state index in [1.807, 2.05) is 54.6 Å². The van der Waals surface area contributed by atoms with Gasteiger partial charge in [0.25, 0.3) is 0 Å². The molecule has 0 amide bonds. The Hall–Kier alpha value is -9.90. The topological polar surface area (TPSA) is 0 Å². The smallest absolute Gasteiger partial charge is 0.123 e. The molecular formula is C76H42F4. The Labute approximate surface area is 458 Å². The number of hydrogen-bond donors (Lipinski definition) is 0. The van der Waals surface area contributed by atoms with Gasteiger partial charge in [-0.1, -0.05) is 194 Å². The van der Waals surface area contributed by atoms with Crippen LogP contribution in [-0.2, 0) is 0 Å². The summed E-state index contributed by atoms with van der Waals surface area (Å²) in [5, 5.41) is 10.3. The molecule has 80 heavy (non-hydrogen) atoms. The fourth-order valence-corrected chi connectivity index (χ4v) is 14.7. The lowest BCUT2D eigenvalue weighted by Gasteiger charge is -2.30. The monoisotopic (exact) mass is 1030 g/mol. The number of rotatable bonds is 6. The third-order valence-corrected chi connectivity index (χ3v) is 17.8. The van der Waals surface area contributed by atoms with Crippen LogP contribution in [0, 0.1) is 23.3 Å². The molecule has 0 fully saturated rings. The summed E-state index contributed by atoms with van der Waals surface area (Å²) < 4.78 is 58.9. The molecular weight excluding hydrogens is 989 g/mol. The van der Waals surface area contributed by atoms with Crippen LogP contribution in [0.5, 0.6) is 0 Å². The molecule has 0 saturated heterocycles. The summed E-state index contributed by atoms with van der Waals surface area (Å²) in [4.78, 5) is 0. The van der Waals surface area contributed by atoms with Crippen LogP contribution >= 0.6 is 0 Å². The molecule has 374 valence electrons. The highest BCUT2D eigenvalue weighted by Gasteiger charge is 2.45. The molecule has 0 spiro atoms. The van der Waals surface area contributed by atoms with Gasteiger partial charge < -0.3 is 0 Å². The van der Waals surface area contributed by atoms with E-state index in [1.165, 1.54) is 78.9 Å². The van der Waals surface area contributed by atoms with Crippen LogP contribution in [0.2, 0.25) is 0 Å². The zero-order valence-electron chi connectivity index (χ0n) is 42.8. The van der Waals surface area contributed by atoms with Crippen molar-refractivity contribution >= 4 is 60.8 Å². The maximum atomic E-state index is 14.9. The van der Waals surface area contributed by atoms with Gasteiger partial charge in [-0.25, -0.2) is 17.6 Å². The average Bonchev–Trinajstić information content (AvgIpc) is 2.76. The van der Waals surface area contributed by atoms with Crippen LogP contribution in [0.15, 0.2) is 231 Å². The molecule has 4 aliphatic rings. The lowest BCUT2D eigenvalue weighted by molar-refractivity contribution is 0.627. The highest BCUT2D eigenvalue weighted by atomic mass is 19.1. The molecule has 13 aromatic carbocycles. The first-order valence-electron chi connectivity index (χ1n) is 27.2. The highest BCUT2D eigenvalue weighted by Crippen LogP contribution is 2.65. The molecule has 0 saturated carbocycles. The van der Waals surface area contributed by atoms with E-state index in [1.54, 1.807) is 24.3 Å². The quantitative estimate of drug-likeness (QED) is 0.146. The van der Waals surface area contributed by atoms with Gasteiger partial charge in [0.05, 0.1) is 0 Å². The Morgan fingerprint density at radius 1 is 0.275 bits per heavy atom. The van der Waals surface area contributed by atoms with Gasteiger partial charge in [0.1, 0.15) is 23.3 Å². The van der Waals surface area contributed by atoms with Gasteiger partial charge in [0.15, 0.2) is 0 Å². The van der Waals surface area contributed by atoms with Crippen molar-refractivity contribution in [2.45, 2.75) is 11.8 Å². The van der Waals surface area contributed by atoms with Crippen molar-refractivity contribution in [3.63, 3.8) is 0 Å². The summed E-state index contributed by atoms with van der Waals surface area (Å²) in [6.45, 7) is 0. The molecule has 0 nitrogen and oxygen atoms in total. The van der Waals surface area contributed by atoms with Crippen LogP contribution in [0.3, 0.4) is 0 Å². The predicted octanol–water partition coefficient (Wildman–Crippen LogP) is 20.3. The van der Waals surface area contributed by atoms with E-state index >= 15 is 0 Å². The fourth-order valence-electron chi connectivity index (χ4n) is 14.7. The summed E-state index contributed by atoms with van der Waals surface area (Å²) in [5.74, 6) is -1.22. The highest BCUT2D eigenvalue weighted by molar-refractivity contribution is 6.33. The molecule has 0 N–H and O–H groups in total. The number of hydrogen-bond acceptors (Lipinski definition) is 0. The second kappa shape index (κ2) is 16.8. The van der Waals surface area contributed by atoms with Gasteiger partial charge in [-0.3, -0.25) is 0 Å². The Bertz CT molecular complexity index is 5000. The largest absolute Gasteiger partial charge is 0.207 e. The molecule has 0 aromatic heterocycles. The number of fused-ring (bicyclic) bond motifs is 10. The van der Waals surface area contributed by atoms with Gasteiger partial charge in [0, 0.05) is 11.8 Å². The van der Waals surface area contributed by atoms with Gasteiger partial charge in [0.2, 0.25) is 0 Å². The minimum atomic E-state index is -0.289. The summed E-state index contributed by atoms with van der Waals surface area (Å²) in [5.41, 5.74) is 22.9. The van der Waals surface area contributed by atoms with Crippen molar-refractivity contribution in [3.8, 4) is 89.0 Å². The lowest BCUT2D eigenvalue weighted by Crippen LogP contribution is -2.23. The molecule has 2 atom stereocenters. The van der Waals surface area contributed by atoms with E-state index in [4.69, 9.17) is 0 Å². The van der Waals surface area contributed by atoms with Crippen molar-refractivity contribution in [2.75, 3.05) is 0 Å². The van der Waals surface area contributed by atoms with Crippen molar-refractivity contribution in [3.05, 3.63) is 281 Å². The third-order valence-electron chi connectivity index (χ3n) is 17.8. The first-order chi connectivity index (χ1) is 39.4. The second-order valence-corrected chi connectivity index (χ2v) is 21.7. The average molecular weight is 1030 g/mol. The first-order valence-corrected chi connectivity index (χ1v) is 27.2. The SMILES string of the molecule is Fc1ccc(-c2ccccc2-c2c3c(c(-c4ccc(F)cc4)c4ccccc24)-c2ccc4c5c6c(c7ccc-3c2c47)=CC=C2c3c(c(-c4ccccc4-c4ccc(F)cc4)c4ccccc4c3-c3ccc(F)cc3)C(C=C5)C26)cc1. The number of allylic oxidation sites excluding steroid dienone is 3. The molecule has 0 heterocycles. The molecule has 0 bridgehead atoms. The molecule has 2 unspecified atom stereocenters. The van der Waals surface area contributed by atoms with Crippen LogP contribution in [-0.4, -0.2) is 0 Å². The fraction of sp³-hybridized carbons (Fsp3) is 0.0263. The van der Waals surface area contributed by atoms with Gasteiger partial charge in [-0.2, -0.15) is 0 Å². The Morgan fingerprint density at radius 3 is 1.24 bits per heavy atom. The molecule has 0 aliphatic heterocycles. The molecule has 17 rings (SSSR count). The maximum Gasteiger partial charge on any atom is 0.123 e. The summed E-state index contributed by atoms with van der Waals surface area (Å²) in [7, 11) is 0. The number of halogens is 4. The van der Waals surface area contributed by atoms with Crippen LogP contribution in [0.1, 0.15) is 34.1 Å². The van der Waals surface area contributed by atoms with Gasteiger partial charge in [-0.05, 0) is 214 Å². The van der Waals surface area contributed by atoms with Gasteiger partial charge >= 0.3 is 0 Å². The Balaban J connectivity index is 0.957. The van der Waals surface area contributed by atoms with E-state index < -0.39 is 0 Å². The maximum absolute atomic E-state index is 14.9. The second-order valence-electron chi connectivity index (χ2n) is 21.7. The predicted molar refractivity (Wildman–Crippen MR) is 322 cm³/mol. The summed E-state index contributed by atoms with van der Waals surface area (Å²) in [6, 6.07) is 70.9. The van der Waals surface area contributed by atoms with Gasteiger partial charge in [-0.15, -0.1) is 0 Å². The molecule has 0 radical (unpaired) electrons. The third kappa shape index (κ3) is 6.22. The van der Waals surface area contributed by atoms with E-state index in [9.17, 15) is 17.6 Å². The molecule has 4 aliphatic carbocycles. The minimum Gasteiger partial charge on any atom is -0.207 e. The Kier molecular flexibility index (Phi) is 9.48. The van der Waals surface area contributed by atoms with E-state index in [2.05, 4.69) is 140 Å². The normalized spacial score (nSPS) is 15.1.